The molecule has 8 heteroatoms. The summed E-state index contributed by atoms with van der Waals surface area (Å²) >= 11 is 0. The van der Waals surface area contributed by atoms with Crippen molar-refractivity contribution in [3.8, 4) is 0 Å². The van der Waals surface area contributed by atoms with Crippen LogP contribution in [0.25, 0.3) is 0 Å². The third-order valence-corrected chi connectivity index (χ3v) is 2.70. The molecule has 0 atom stereocenters. The zero-order valence-electron chi connectivity index (χ0n) is 11.0. The average molecular weight is 309 g/mol. The molecule has 22 heavy (non-hydrogen) atoms. The maximum Gasteiger partial charge on any atom is 0.416 e. The number of hydrazone groups is 1. The molecule has 0 unspecified atom stereocenters. The Labute approximate surface area is 123 Å². The maximum absolute atomic E-state index is 12.4. The number of hydrogen-bond donors (Lipinski definition) is 1. The van der Waals surface area contributed by atoms with E-state index in [1.54, 1.807) is 6.07 Å². The van der Waals surface area contributed by atoms with E-state index >= 15 is 0 Å². The number of non-ortho nitro benzene ring substituents is 1. The van der Waals surface area contributed by atoms with Crippen molar-refractivity contribution in [2.75, 3.05) is 5.43 Å². The standard InChI is InChI=1S/C14H10F3N3O2/c15-14(16,17)11-6-4-10(5-7-11)9-18-19-12-2-1-3-13(8-12)20(21)22/h1-9,19H/b18-9-. The predicted molar refractivity (Wildman–Crippen MR) is 75.8 cm³/mol. The van der Waals surface area contributed by atoms with Crippen molar-refractivity contribution in [2.45, 2.75) is 6.18 Å². The van der Waals surface area contributed by atoms with E-state index < -0.39 is 16.7 Å². The molecule has 2 aromatic carbocycles. The SMILES string of the molecule is O=[N+]([O-])c1cccc(N/N=C\c2ccc(C(F)(F)F)cc2)c1. The van der Waals surface area contributed by atoms with Crippen LogP contribution in [0.3, 0.4) is 0 Å². The van der Waals surface area contributed by atoms with Gasteiger partial charge in [0.1, 0.15) is 0 Å². The lowest BCUT2D eigenvalue weighted by Crippen LogP contribution is -2.04. The molecule has 0 aliphatic rings. The number of rotatable bonds is 4. The third kappa shape index (κ3) is 4.05. The van der Waals surface area contributed by atoms with Crippen molar-refractivity contribution < 1.29 is 18.1 Å². The van der Waals surface area contributed by atoms with Gasteiger partial charge < -0.3 is 0 Å². The van der Waals surface area contributed by atoms with E-state index in [1.165, 1.54) is 36.5 Å². The summed E-state index contributed by atoms with van der Waals surface area (Å²) in [5, 5.41) is 14.4. The molecule has 2 aromatic rings. The topological polar surface area (TPSA) is 67.5 Å². The van der Waals surface area contributed by atoms with Crippen LogP contribution < -0.4 is 5.43 Å². The normalized spacial score (nSPS) is 11.6. The summed E-state index contributed by atoms with van der Waals surface area (Å²) in [7, 11) is 0. The van der Waals surface area contributed by atoms with Crippen molar-refractivity contribution in [3.05, 3.63) is 69.8 Å². The lowest BCUT2D eigenvalue weighted by molar-refractivity contribution is -0.384. The Hall–Kier alpha value is -2.90. The fraction of sp³-hybridized carbons (Fsp3) is 0.0714. The zero-order valence-corrected chi connectivity index (χ0v) is 11.0. The fourth-order valence-electron chi connectivity index (χ4n) is 1.63. The van der Waals surface area contributed by atoms with Gasteiger partial charge in [-0.05, 0) is 23.8 Å². The molecule has 0 amide bonds. The summed E-state index contributed by atoms with van der Waals surface area (Å²) in [5.74, 6) is 0. The number of nitro groups is 1. The molecule has 0 heterocycles. The molecule has 0 aliphatic carbocycles. The number of anilines is 1. The first-order chi connectivity index (χ1) is 10.4. The van der Waals surface area contributed by atoms with E-state index in [0.29, 0.717) is 11.3 Å². The van der Waals surface area contributed by atoms with E-state index in [4.69, 9.17) is 0 Å². The molecule has 5 nitrogen and oxygen atoms in total. The molecule has 0 spiro atoms. The smallest absolute Gasteiger partial charge is 0.278 e. The minimum Gasteiger partial charge on any atom is -0.278 e. The molecule has 0 aromatic heterocycles. The van der Waals surface area contributed by atoms with Crippen LogP contribution in [0.2, 0.25) is 0 Å². The molecule has 114 valence electrons. The van der Waals surface area contributed by atoms with Crippen molar-refractivity contribution in [3.63, 3.8) is 0 Å². The van der Waals surface area contributed by atoms with Gasteiger partial charge in [0.05, 0.1) is 22.4 Å². The van der Waals surface area contributed by atoms with Gasteiger partial charge in [0.2, 0.25) is 0 Å². The second-order valence-corrected chi connectivity index (χ2v) is 4.30. The summed E-state index contributed by atoms with van der Waals surface area (Å²) < 4.78 is 37.2. The van der Waals surface area contributed by atoms with Crippen molar-refractivity contribution in [1.82, 2.24) is 0 Å². The predicted octanol–water partition coefficient (Wildman–Crippen LogP) is 4.06. The van der Waals surface area contributed by atoms with Crippen LogP contribution in [0.4, 0.5) is 24.5 Å². The van der Waals surface area contributed by atoms with Crippen LogP contribution in [0.15, 0.2) is 53.6 Å². The van der Waals surface area contributed by atoms with E-state index in [1.807, 2.05) is 0 Å². The first-order valence-corrected chi connectivity index (χ1v) is 6.07. The Morgan fingerprint density at radius 2 is 1.82 bits per heavy atom. The molecule has 0 saturated heterocycles. The lowest BCUT2D eigenvalue weighted by atomic mass is 10.1. The minimum absolute atomic E-state index is 0.0882. The number of alkyl halides is 3. The van der Waals surface area contributed by atoms with Gasteiger partial charge in [-0.25, -0.2) is 0 Å². The first kappa shape index (κ1) is 15.5. The second-order valence-electron chi connectivity index (χ2n) is 4.30. The van der Waals surface area contributed by atoms with Gasteiger partial charge in [0.15, 0.2) is 0 Å². The molecule has 0 aliphatic heterocycles. The highest BCUT2D eigenvalue weighted by Gasteiger charge is 2.29. The number of benzene rings is 2. The van der Waals surface area contributed by atoms with Crippen LogP contribution >= 0.6 is 0 Å². The van der Waals surface area contributed by atoms with Crippen molar-refractivity contribution in [2.24, 2.45) is 5.10 Å². The lowest BCUT2D eigenvalue weighted by Gasteiger charge is -2.05. The number of nitrogens with one attached hydrogen (secondary N) is 1. The molecule has 2 rings (SSSR count). The number of hydrogen-bond acceptors (Lipinski definition) is 4. The molecule has 0 bridgehead atoms. The van der Waals surface area contributed by atoms with Crippen LogP contribution in [-0.4, -0.2) is 11.1 Å². The number of nitrogens with zero attached hydrogens (tertiary/aromatic N) is 2. The zero-order chi connectivity index (χ0) is 16.2. The van der Waals surface area contributed by atoms with Gasteiger partial charge in [-0.15, -0.1) is 0 Å². The summed E-state index contributed by atoms with van der Waals surface area (Å²) in [6, 6.07) is 10.2. The highest BCUT2D eigenvalue weighted by Crippen LogP contribution is 2.28. The Balaban J connectivity index is 2.03. The molecule has 1 N–H and O–H groups in total. The van der Waals surface area contributed by atoms with E-state index in [-0.39, 0.29) is 5.69 Å². The van der Waals surface area contributed by atoms with Crippen LogP contribution in [0.5, 0.6) is 0 Å². The molecule has 0 radical (unpaired) electrons. The summed E-state index contributed by atoms with van der Waals surface area (Å²) in [4.78, 5) is 10.1. The van der Waals surface area contributed by atoms with Crippen LogP contribution in [0.1, 0.15) is 11.1 Å². The molecule has 0 fully saturated rings. The Morgan fingerprint density at radius 1 is 1.14 bits per heavy atom. The summed E-state index contributed by atoms with van der Waals surface area (Å²) in [6.07, 6.45) is -3.06. The number of halogens is 3. The largest absolute Gasteiger partial charge is 0.416 e. The Kier molecular flexibility index (Phi) is 4.40. The van der Waals surface area contributed by atoms with E-state index in [2.05, 4.69) is 10.5 Å². The monoisotopic (exact) mass is 309 g/mol. The fourth-order valence-corrected chi connectivity index (χ4v) is 1.63. The van der Waals surface area contributed by atoms with Gasteiger partial charge in [-0.2, -0.15) is 18.3 Å². The average Bonchev–Trinajstić information content (AvgIpc) is 2.47. The molecular formula is C14H10F3N3O2. The number of nitro benzene ring substituents is 1. The van der Waals surface area contributed by atoms with Gasteiger partial charge in [0, 0.05) is 12.1 Å². The molecule has 0 saturated carbocycles. The van der Waals surface area contributed by atoms with Crippen molar-refractivity contribution in [1.29, 1.82) is 0 Å². The first-order valence-electron chi connectivity index (χ1n) is 6.07. The highest BCUT2D eigenvalue weighted by atomic mass is 19.4. The summed E-state index contributed by atoms with van der Waals surface area (Å²) in [5.41, 5.74) is 2.61. The minimum atomic E-state index is -4.38. The van der Waals surface area contributed by atoms with Crippen LogP contribution in [-0.2, 0) is 6.18 Å². The Morgan fingerprint density at radius 3 is 2.41 bits per heavy atom. The van der Waals surface area contributed by atoms with Gasteiger partial charge in [-0.1, -0.05) is 18.2 Å². The Bertz CT molecular complexity index is 697. The third-order valence-electron chi connectivity index (χ3n) is 2.70. The van der Waals surface area contributed by atoms with Gasteiger partial charge in [-0.3, -0.25) is 15.5 Å². The van der Waals surface area contributed by atoms with E-state index in [0.717, 1.165) is 12.1 Å². The quantitative estimate of drug-likeness (QED) is 0.526. The molecular weight excluding hydrogens is 299 g/mol. The summed E-state index contributed by atoms with van der Waals surface area (Å²) in [6.45, 7) is 0. The second kappa shape index (κ2) is 6.25. The highest BCUT2D eigenvalue weighted by molar-refractivity contribution is 5.80. The van der Waals surface area contributed by atoms with Crippen molar-refractivity contribution >= 4 is 17.6 Å². The van der Waals surface area contributed by atoms with Crippen LogP contribution in [0, 0.1) is 10.1 Å². The van der Waals surface area contributed by atoms with Gasteiger partial charge in [0.25, 0.3) is 5.69 Å². The maximum atomic E-state index is 12.4. The van der Waals surface area contributed by atoms with Gasteiger partial charge >= 0.3 is 6.18 Å². The van der Waals surface area contributed by atoms with E-state index in [9.17, 15) is 23.3 Å².